The number of halogens is 3. The number of rotatable bonds is 3. The molecule has 1 heterocycles. The Morgan fingerprint density at radius 2 is 2.17 bits per heavy atom. The van der Waals surface area contributed by atoms with Gasteiger partial charge in [0.05, 0.1) is 15.9 Å². The molecule has 6 heteroatoms. The van der Waals surface area contributed by atoms with Gasteiger partial charge in [-0.2, -0.15) is 0 Å². The standard InChI is InChI=1S/C12H9BrClFO2S/c1-17-9-4-6(2-3-8(9)15)11(16)10-5-7(14)12(13)18-10/h2-5,11,16H,1H3. The van der Waals surface area contributed by atoms with Crippen molar-refractivity contribution in [3.63, 3.8) is 0 Å². The fourth-order valence-corrected chi connectivity index (χ4v) is 3.27. The van der Waals surface area contributed by atoms with Crippen LogP contribution in [-0.4, -0.2) is 12.2 Å². The topological polar surface area (TPSA) is 29.5 Å². The smallest absolute Gasteiger partial charge is 0.165 e. The average Bonchev–Trinajstić information content (AvgIpc) is 2.69. The zero-order chi connectivity index (χ0) is 13.3. The third-order valence-corrected chi connectivity index (χ3v) is 4.95. The van der Waals surface area contributed by atoms with Crippen LogP contribution in [0.3, 0.4) is 0 Å². The summed E-state index contributed by atoms with van der Waals surface area (Å²) in [7, 11) is 1.38. The Morgan fingerprint density at radius 1 is 1.44 bits per heavy atom. The zero-order valence-corrected chi connectivity index (χ0v) is 12.4. The zero-order valence-electron chi connectivity index (χ0n) is 9.28. The number of thiophene rings is 1. The van der Waals surface area contributed by atoms with E-state index in [9.17, 15) is 9.50 Å². The first kappa shape index (κ1) is 13.8. The van der Waals surface area contributed by atoms with Crippen LogP contribution in [-0.2, 0) is 0 Å². The molecule has 0 radical (unpaired) electrons. The molecule has 1 aromatic heterocycles. The largest absolute Gasteiger partial charge is 0.494 e. The van der Waals surface area contributed by atoms with Gasteiger partial charge in [-0.3, -0.25) is 0 Å². The van der Waals surface area contributed by atoms with Gasteiger partial charge >= 0.3 is 0 Å². The molecule has 0 bridgehead atoms. The van der Waals surface area contributed by atoms with E-state index in [-0.39, 0.29) is 5.75 Å². The first-order valence-corrected chi connectivity index (χ1v) is 6.98. The van der Waals surface area contributed by atoms with Crippen molar-refractivity contribution in [1.29, 1.82) is 0 Å². The molecule has 2 aromatic rings. The Bertz CT molecular complexity index is 554. The quantitative estimate of drug-likeness (QED) is 0.888. The van der Waals surface area contributed by atoms with Crippen LogP contribution in [0.2, 0.25) is 5.02 Å². The second-order valence-electron chi connectivity index (χ2n) is 3.57. The molecular formula is C12H9BrClFO2S. The predicted octanol–water partition coefficient (Wildman–Crippen LogP) is 4.39. The number of aliphatic hydroxyl groups is 1. The Morgan fingerprint density at radius 3 is 2.72 bits per heavy atom. The van der Waals surface area contributed by atoms with Gasteiger partial charge in [0.15, 0.2) is 11.6 Å². The number of benzene rings is 1. The summed E-state index contributed by atoms with van der Waals surface area (Å²) in [5, 5.41) is 10.7. The molecule has 2 rings (SSSR count). The van der Waals surface area contributed by atoms with Crippen LogP contribution in [0.15, 0.2) is 28.1 Å². The van der Waals surface area contributed by atoms with E-state index in [2.05, 4.69) is 15.9 Å². The Labute approximate surface area is 121 Å². The summed E-state index contributed by atoms with van der Waals surface area (Å²) in [5.41, 5.74) is 0.554. The van der Waals surface area contributed by atoms with E-state index < -0.39 is 11.9 Å². The molecule has 2 nitrogen and oxygen atoms in total. The van der Waals surface area contributed by atoms with Crippen LogP contribution in [0.25, 0.3) is 0 Å². The number of hydrogen-bond donors (Lipinski definition) is 1. The van der Waals surface area contributed by atoms with Gasteiger partial charge in [-0.1, -0.05) is 17.7 Å². The van der Waals surface area contributed by atoms with Crippen LogP contribution < -0.4 is 4.74 Å². The van der Waals surface area contributed by atoms with Crippen LogP contribution in [0.1, 0.15) is 16.5 Å². The second kappa shape index (κ2) is 5.57. The highest BCUT2D eigenvalue weighted by Crippen LogP contribution is 2.38. The minimum Gasteiger partial charge on any atom is -0.494 e. The summed E-state index contributed by atoms with van der Waals surface area (Å²) in [6.45, 7) is 0. The fourth-order valence-electron chi connectivity index (χ4n) is 1.51. The van der Waals surface area contributed by atoms with Gasteiger partial charge < -0.3 is 9.84 Å². The molecule has 1 aromatic carbocycles. The summed E-state index contributed by atoms with van der Waals surface area (Å²) >= 11 is 10.5. The summed E-state index contributed by atoms with van der Waals surface area (Å²) in [6, 6.07) is 5.93. The van der Waals surface area contributed by atoms with Gasteiger partial charge in [-0.05, 0) is 39.7 Å². The molecule has 0 aliphatic carbocycles. The van der Waals surface area contributed by atoms with Crippen molar-refractivity contribution in [3.8, 4) is 5.75 Å². The Hall–Kier alpha value is -0.620. The monoisotopic (exact) mass is 350 g/mol. The van der Waals surface area contributed by atoms with Crippen LogP contribution in [0.4, 0.5) is 4.39 Å². The molecule has 0 saturated carbocycles. The summed E-state index contributed by atoms with van der Waals surface area (Å²) in [6.07, 6.45) is -0.853. The average molecular weight is 352 g/mol. The molecule has 1 N–H and O–H groups in total. The summed E-state index contributed by atoms with van der Waals surface area (Å²) in [5.74, 6) is -0.355. The molecule has 0 saturated heterocycles. The van der Waals surface area contributed by atoms with E-state index >= 15 is 0 Å². The van der Waals surface area contributed by atoms with Crippen molar-refractivity contribution in [2.45, 2.75) is 6.10 Å². The molecule has 0 fully saturated rings. The third kappa shape index (κ3) is 2.69. The lowest BCUT2D eigenvalue weighted by Gasteiger charge is -2.10. The molecule has 0 aliphatic heterocycles. The van der Waals surface area contributed by atoms with Crippen molar-refractivity contribution < 1.29 is 14.2 Å². The van der Waals surface area contributed by atoms with Gasteiger partial charge in [-0.15, -0.1) is 11.3 Å². The lowest BCUT2D eigenvalue weighted by Crippen LogP contribution is -1.98. The molecule has 18 heavy (non-hydrogen) atoms. The van der Waals surface area contributed by atoms with Crippen LogP contribution in [0, 0.1) is 5.82 Å². The maximum absolute atomic E-state index is 13.3. The number of methoxy groups -OCH3 is 1. The van der Waals surface area contributed by atoms with Crippen molar-refractivity contribution >= 4 is 38.9 Å². The van der Waals surface area contributed by atoms with E-state index in [4.69, 9.17) is 16.3 Å². The highest BCUT2D eigenvalue weighted by atomic mass is 79.9. The summed E-state index contributed by atoms with van der Waals surface area (Å²) < 4.78 is 18.9. The molecular weight excluding hydrogens is 343 g/mol. The SMILES string of the molecule is COc1cc(C(O)c2cc(Cl)c(Br)s2)ccc1F. The molecule has 0 aliphatic rings. The summed E-state index contributed by atoms with van der Waals surface area (Å²) in [4.78, 5) is 0.681. The maximum Gasteiger partial charge on any atom is 0.165 e. The minimum atomic E-state index is -0.853. The van der Waals surface area contributed by atoms with Crippen molar-refractivity contribution in [2.75, 3.05) is 7.11 Å². The molecule has 1 unspecified atom stereocenters. The van der Waals surface area contributed by atoms with E-state index in [0.717, 1.165) is 3.79 Å². The van der Waals surface area contributed by atoms with E-state index in [1.807, 2.05) is 0 Å². The Kier molecular flexibility index (Phi) is 4.27. The Balaban J connectivity index is 2.36. The normalized spacial score (nSPS) is 12.5. The molecule has 0 spiro atoms. The first-order chi connectivity index (χ1) is 8.52. The maximum atomic E-state index is 13.3. The highest BCUT2D eigenvalue weighted by Gasteiger charge is 2.17. The number of ether oxygens (including phenoxy) is 1. The minimum absolute atomic E-state index is 0.105. The van der Waals surface area contributed by atoms with Crippen molar-refractivity contribution in [1.82, 2.24) is 0 Å². The van der Waals surface area contributed by atoms with Crippen LogP contribution in [0.5, 0.6) is 5.75 Å². The highest BCUT2D eigenvalue weighted by molar-refractivity contribution is 9.11. The van der Waals surface area contributed by atoms with E-state index in [1.165, 1.54) is 36.6 Å². The first-order valence-electron chi connectivity index (χ1n) is 4.99. The van der Waals surface area contributed by atoms with Gasteiger partial charge in [-0.25, -0.2) is 4.39 Å². The van der Waals surface area contributed by atoms with Crippen molar-refractivity contribution in [2.24, 2.45) is 0 Å². The fraction of sp³-hybridized carbons (Fsp3) is 0.167. The van der Waals surface area contributed by atoms with E-state index in [1.54, 1.807) is 6.07 Å². The van der Waals surface area contributed by atoms with Gasteiger partial charge in [0.25, 0.3) is 0 Å². The van der Waals surface area contributed by atoms with Crippen molar-refractivity contribution in [3.05, 3.63) is 49.3 Å². The molecule has 96 valence electrons. The lowest BCUT2D eigenvalue weighted by atomic mass is 10.1. The third-order valence-electron chi connectivity index (χ3n) is 2.42. The predicted molar refractivity (Wildman–Crippen MR) is 74.0 cm³/mol. The number of aliphatic hydroxyl groups excluding tert-OH is 1. The molecule has 1 atom stereocenters. The van der Waals surface area contributed by atoms with Crippen LogP contribution >= 0.6 is 38.9 Å². The van der Waals surface area contributed by atoms with Gasteiger partial charge in [0, 0.05) is 4.88 Å². The molecule has 0 amide bonds. The second-order valence-corrected chi connectivity index (χ2v) is 6.38. The van der Waals surface area contributed by atoms with Gasteiger partial charge in [0.1, 0.15) is 6.10 Å². The van der Waals surface area contributed by atoms with Gasteiger partial charge in [0.2, 0.25) is 0 Å². The van der Waals surface area contributed by atoms with E-state index in [0.29, 0.717) is 15.5 Å². The lowest BCUT2D eigenvalue weighted by molar-refractivity contribution is 0.223. The number of hydrogen-bond acceptors (Lipinski definition) is 3.